The van der Waals surface area contributed by atoms with Crippen molar-refractivity contribution in [3.8, 4) is 0 Å². The molecule has 2 unspecified atom stereocenters. The van der Waals surface area contributed by atoms with Crippen molar-refractivity contribution in [3.63, 3.8) is 0 Å². The van der Waals surface area contributed by atoms with E-state index in [4.69, 9.17) is 14.6 Å². The predicted octanol–water partition coefficient (Wildman–Crippen LogP) is 2.02. The number of hydrogen-bond donors (Lipinski definition) is 2. The van der Waals surface area contributed by atoms with E-state index in [1.54, 1.807) is 12.2 Å². The lowest BCUT2D eigenvalue weighted by Gasteiger charge is -2.67. The van der Waals surface area contributed by atoms with E-state index in [0.29, 0.717) is 43.4 Å². The van der Waals surface area contributed by atoms with Gasteiger partial charge in [-0.25, -0.2) is 0 Å². The Labute approximate surface area is 178 Å². The topological polar surface area (TPSA) is 84.9 Å². The van der Waals surface area contributed by atoms with Gasteiger partial charge in [0.2, 0.25) is 5.91 Å². The van der Waals surface area contributed by atoms with E-state index >= 15 is 0 Å². The van der Waals surface area contributed by atoms with Crippen molar-refractivity contribution in [2.45, 2.75) is 51.2 Å². The zero-order chi connectivity index (χ0) is 21.1. The number of carbonyl (C=O) groups is 2. The number of aliphatic hydroxyl groups is 1. The first-order chi connectivity index (χ1) is 14.4. The van der Waals surface area contributed by atoms with Crippen LogP contribution in [0.2, 0.25) is 0 Å². The molecule has 5 aliphatic rings. The Bertz CT molecular complexity index is 805. The molecule has 6 heteroatoms. The Morgan fingerprint density at radius 2 is 2.23 bits per heavy atom. The molecule has 1 saturated heterocycles. The van der Waals surface area contributed by atoms with E-state index in [9.17, 15) is 9.59 Å². The zero-order valence-corrected chi connectivity index (χ0v) is 17.9. The van der Waals surface area contributed by atoms with E-state index in [2.05, 4.69) is 19.2 Å². The third-order valence-electron chi connectivity index (χ3n) is 8.74. The van der Waals surface area contributed by atoms with Crippen molar-refractivity contribution in [1.29, 1.82) is 0 Å². The van der Waals surface area contributed by atoms with Crippen LogP contribution in [0.1, 0.15) is 39.5 Å². The van der Waals surface area contributed by atoms with Crippen LogP contribution in [0.4, 0.5) is 0 Å². The highest BCUT2D eigenvalue weighted by molar-refractivity contribution is 6.01. The first-order valence-electron chi connectivity index (χ1n) is 11.5. The number of aliphatic hydroxyl groups excluding tert-OH is 1. The van der Waals surface area contributed by atoms with Crippen molar-refractivity contribution >= 4 is 11.7 Å². The Hall–Kier alpha value is -1.50. The second-order valence-corrected chi connectivity index (χ2v) is 10.2. The number of ether oxygens (including phenoxy) is 2. The molecule has 1 spiro atoms. The lowest BCUT2D eigenvalue weighted by molar-refractivity contribution is -0.288. The van der Waals surface area contributed by atoms with Crippen molar-refractivity contribution in [2.24, 2.45) is 35.0 Å². The van der Waals surface area contributed by atoms with Gasteiger partial charge in [0, 0.05) is 18.4 Å². The number of carbonyl (C=O) groups excluding carboxylic acids is 2. The van der Waals surface area contributed by atoms with Gasteiger partial charge in [0.15, 0.2) is 5.78 Å². The number of nitrogens with one attached hydrogen (secondary N) is 1. The van der Waals surface area contributed by atoms with Crippen LogP contribution in [0.3, 0.4) is 0 Å². The Morgan fingerprint density at radius 1 is 1.40 bits per heavy atom. The predicted molar refractivity (Wildman–Crippen MR) is 110 cm³/mol. The maximum Gasteiger partial charge on any atom is 0.224 e. The molecule has 6 nitrogen and oxygen atoms in total. The first-order valence-corrected chi connectivity index (χ1v) is 11.5. The summed E-state index contributed by atoms with van der Waals surface area (Å²) in [6, 6.07) is 0. The lowest BCUT2D eigenvalue weighted by Crippen LogP contribution is -2.70. The van der Waals surface area contributed by atoms with Gasteiger partial charge in [0.05, 0.1) is 25.9 Å². The van der Waals surface area contributed by atoms with Gasteiger partial charge in [-0.3, -0.25) is 9.59 Å². The number of hydrogen-bond acceptors (Lipinski definition) is 5. The summed E-state index contributed by atoms with van der Waals surface area (Å²) in [5.41, 5.74) is 0.758. The molecule has 164 valence electrons. The molecule has 4 fully saturated rings. The van der Waals surface area contributed by atoms with Crippen molar-refractivity contribution in [1.82, 2.24) is 5.32 Å². The average molecular weight is 416 g/mol. The molecule has 0 aromatic rings. The van der Waals surface area contributed by atoms with Crippen LogP contribution >= 0.6 is 0 Å². The minimum atomic E-state index is -0.351. The molecule has 0 radical (unpaired) electrons. The van der Waals surface area contributed by atoms with Crippen LogP contribution in [-0.4, -0.2) is 54.9 Å². The van der Waals surface area contributed by atoms with Crippen LogP contribution in [0.25, 0.3) is 0 Å². The normalized spacial score (nSPS) is 45.7. The fourth-order valence-corrected chi connectivity index (χ4v) is 7.82. The van der Waals surface area contributed by atoms with Crippen LogP contribution in [0, 0.1) is 35.0 Å². The smallest absolute Gasteiger partial charge is 0.224 e. The van der Waals surface area contributed by atoms with Crippen molar-refractivity contribution in [3.05, 3.63) is 23.8 Å². The number of rotatable bonds is 6. The minimum Gasteiger partial charge on any atom is -0.394 e. The number of amides is 1. The number of allylic oxidation sites excluding steroid dienone is 2. The summed E-state index contributed by atoms with van der Waals surface area (Å²) in [5.74, 6) is 2.05. The van der Waals surface area contributed by atoms with Gasteiger partial charge in [-0.15, -0.1) is 0 Å². The molecule has 2 N–H and O–H groups in total. The Balaban J connectivity index is 1.34. The summed E-state index contributed by atoms with van der Waals surface area (Å²) in [5, 5.41) is 11.9. The molecule has 1 amide bonds. The highest BCUT2D eigenvalue weighted by Crippen LogP contribution is 2.70. The average Bonchev–Trinajstić information content (AvgIpc) is 2.96. The highest BCUT2D eigenvalue weighted by Gasteiger charge is 2.71. The second-order valence-electron chi connectivity index (χ2n) is 10.2. The van der Waals surface area contributed by atoms with E-state index in [1.807, 2.05) is 6.08 Å². The molecule has 0 bridgehead atoms. The maximum absolute atomic E-state index is 13.2. The van der Waals surface area contributed by atoms with Gasteiger partial charge in [0.25, 0.3) is 0 Å². The van der Waals surface area contributed by atoms with Gasteiger partial charge in [-0.2, -0.15) is 0 Å². The molecule has 4 aliphatic carbocycles. The lowest BCUT2D eigenvalue weighted by atomic mass is 9.47. The Kier molecular flexibility index (Phi) is 4.95. The summed E-state index contributed by atoms with van der Waals surface area (Å²) >= 11 is 0. The fraction of sp³-hybridized carbons (Fsp3) is 0.750. The SMILES string of the molecule is C[C@@H]1CC2[C@H]3CCC4=CC(=O)C=C[C@@]45O[C@@H](C[C@]2(C)[C@H]1C(=O)NCCOCCO)C35. The molecular weight excluding hydrogens is 382 g/mol. The van der Waals surface area contributed by atoms with Gasteiger partial charge < -0.3 is 19.9 Å². The molecule has 3 saturated carbocycles. The maximum atomic E-state index is 13.2. The van der Waals surface area contributed by atoms with Crippen LogP contribution < -0.4 is 5.32 Å². The third kappa shape index (κ3) is 2.80. The molecule has 30 heavy (non-hydrogen) atoms. The molecule has 1 aliphatic heterocycles. The quantitative estimate of drug-likeness (QED) is 0.649. The zero-order valence-electron chi connectivity index (χ0n) is 17.9. The molecule has 0 aromatic carbocycles. The van der Waals surface area contributed by atoms with E-state index in [0.717, 1.165) is 25.7 Å². The fourth-order valence-electron chi connectivity index (χ4n) is 7.82. The Morgan fingerprint density at radius 3 is 3.03 bits per heavy atom. The van der Waals surface area contributed by atoms with Crippen LogP contribution in [-0.2, 0) is 19.1 Å². The van der Waals surface area contributed by atoms with E-state index in [-0.39, 0.29) is 41.3 Å². The van der Waals surface area contributed by atoms with Gasteiger partial charge in [0.1, 0.15) is 5.60 Å². The van der Waals surface area contributed by atoms with Gasteiger partial charge >= 0.3 is 0 Å². The molecule has 8 atom stereocenters. The molecule has 5 rings (SSSR count). The summed E-state index contributed by atoms with van der Waals surface area (Å²) in [6.07, 6.45) is 9.69. The second kappa shape index (κ2) is 7.28. The summed E-state index contributed by atoms with van der Waals surface area (Å²) < 4.78 is 11.8. The first kappa shape index (κ1) is 20.4. The molecule has 0 aromatic heterocycles. The van der Waals surface area contributed by atoms with Crippen molar-refractivity contribution < 1.29 is 24.2 Å². The van der Waals surface area contributed by atoms with Gasteiger partial charge in [-0.05, 0) is 72.7 Å². The summed E-state index contributed by atoms with van der Waals surface area (Å²) in [4.78, 5) is 25.1. The van der Waals surface area contributed by atoms with E-state index in [1.165, 1.54) is 5.57 Å². The summed E-state index contributed by atoms with van der Waals surface area (Å²) in [7, 11) is 0. The molecular formula is C24H33NO5. The van der Waals surface area contributed by atoms with Gasteiger partial charge in [-0.1, -0.05) is 13.8 Å². The highest BCUT2D eigenvalue weighted by atomic mass is 16.5. The van der Waals surface area contributed by atoms with E-state index < -0.39 is 0 Å². The largest absolute Gasteiger partial charge is 0.394 e. The standard InChI is InChI=1S/C24H33NO5/c1-14-11-18-17-4-3-15-12-16(27)5-6-24(15)21(17)19(30-24)13-23(18,2)20(14)22(28)25-7-9-29-10-8-26/h5-6,12,14,17-21,26H,3-4,7-11,13H2,1-2H3,(H,25,28)/t14-,17-,18?,19+,20-,21?,23+,24-/m1/s1. The molecule has 1 heterocycles. The monoisotopic (exact) mass is 415 g/mol. The summed E-state index contributed by atoms with van der Waals surface area (Å²) in [6.45, 7) is 5.73. The third-order valence-corrected chi connectivity index (χ3v) is 8.74. The van der Waals surface area contributed by atoms with Crippen LogP contribution in [0.5, 0.6) is 0 Å². The number of ketones is 1. The minimum absolute atomic E-state index is 0.000949. The number of fused-ring (bicyclic) bond motifs is 2. The van der Waals surface area contributed by atoms with Crippen LogP contribution in [0.15, 0.2) is 23.8 Å². The van der Waals surface area contributed by atoms with Crippen molar-refractivity contribution in [2.75, 3.05) is 26.4 Å².